The Morgan fingerprint density at radius 2 is 0.852 bits per heavy atom. The minimum atomic E-state index is -0.453. The Morgan fingerprint density at radius 1 is 0.444 bits per heavy atom. The van der Waals surface area contributed by atoms with Gasteiger partial charge in [0.05, 0.1) is 13.2 Å². The molecule has 0 saturated carbocycles. The standard InChI is InChI=1S/C48H42O6/c1-4-44(49)52-29-9-11-33-15-21-36(22-16-33)39-27-28-42-43(31-39)48(38-23-17-34(18-24-38)12-10-30-53-45(50)5-2)41-14-8-7-13-40(41)47(42)37-25-19-35(20-26-37)32-54-46(51)6-3/h4-8,13-28,31H,1-3,9-12,29-30,32H2. The number of hydrogen-bond donors (Lipinski definition) is 0. The van der Waals surface area contributed by atoms with Crippen LogP contribution in [0, 0.1) is 0 Å². The summed E-state index contributed by atoms with van der Waals surface area (Å²) >= 11 is 0. The fourth-order valence-electron chi connectivity index (χ4n) is 6.68. The zero-order chi connectivity index (χ0) is 37.9. The Bertz CT molecular complexity index is 2320. The van der Waals surface area contributed by atoms with Gasteiger partial charge in [0.25, 0.3) is 0 Å². The Morgan fingerprint density at radius 3 is 1.35 bits per heavy atom. The van der Waals surface area contributed by atoms with Crippen LogP contribution in [-0.4, -0.2) is 31.1 Å². The van der Waals surface area contributed by atoms with Crippen LogP contribution in [0.2, 0.25) is 0 Å². The highest BCUT2D eigenvalue weighted by atomic mass is 16.5. The maximum atomic E-state index is 11.7. The molecule has 0 heterocycles. The summed E-state index contributed by atoms with van der Waals surface area (Å²) < 4.78 is 15.6. The molecular weight excluding hydrogens is 673 g/mol. The van der Waals surface area contributed by atoms with E-state index in [9.17, 15) is 14.4 Å². The van der Waals surface area contributed by atoms with E-state index in [4.69, 9.17) is 14.2 Å². The molecule has 0 aromatic heterocycles. The second-order valence-corrected chi connectivity index (χ2v) is 12.9. The molecule has 0 aliphatic carbocycles. The van der Waals surface area contributed by atoms with Crippen LogP contribution in [-0.2, 0) is 48.0 Å². The number of hydrogen-bond acceptors (Lipinski definition) is 6. The zero-order valence-corrected chi connectivity index (χ0v) is 30.2. The lowest BCUT2D eigenvalue weighted by molar-refractivity contribution is -0.139. The third-order valence-corrected chi connectivity index (χ3v) is 9.39. The highest BCUT2D eigenvalue weighted by Gasteiger charge is 2.18. The lowest BCUT2D eigenvalue weighted by atomic mass is 9.84. The molecule has 54 heavy (non-hydrogen) atoms. The first-order valence-corrected chi connectivity index (χ1v) is 18.0. The van der Waals surface area contributed by atoms with Crippen molar-refractivity contribution in [3.63, 3.8) is 0 Å². The van der Waals surface area contributed by atoms with Gasteiger partial charge in [-0.15, -0.1) is 0 Å². The van der Waals surface area contributed by atoms with Gasteiger partial charge in [-0.05, 0) is 103 Å². The van der Waals surface area contributed by atoms with E-state index in [1.54, 1.807) is 0 Å². The van der Waals surface area contributed by atoms with E-state index in [-0.39, 0.29) is 6.61 Å². The molecule has 0 aliphatic heterocycles. The molecule has 6 aromatic rings. The van der Waals surface area contributed by atoms with Crippen LogP contribution in [0.25, 0.3) is 54.9 Å². The van der Waals surface area contributed by atoms with Gasteiger partial charge in [0, 0.05) is 18.2 Å². The van der Waals surface area contributed by atoms with Gasteiger partial charge in [0.2, 0.25) is 0 Å². The van der Waals surface area contributed by atoms with Gasteiger partial charge in [-0.25, -0.2) is 14.4 Å². The van der Waals surface area contributed by atoms with E-state index < -0.39 is 17.9 Å². The average Bonchev–Trinajstić information content (AvgIpc) is 3.22. The Labute approximate surface area is 316 Å². The third kappa shape index (κ3) is 8.91. The van der Waals surface area contributed by atoms with Crippen molar-refractivity contribution in [2.75, 3.05) is 13.2 Å². The molecule has 0 atom stereocenters. The van der Waals surface area contributed by atoms with Gasteiger partial charge < -0.3 is 14.2 Å². The van der Waals surface area contributed by atoms with Crippen molar-refractivity contribution < 1.29 is 28.6 Å². The summed E-state index contributed by atoms with van der Waals surface area (Å²) in [6, 6.07) is 40.6. The third-order valence-electron chi connectivity index (χ3n) is 9.39. The van der Waals surface area contributed by atoms with E-state index in [1.165, 1.54) is 23.8 Å². The van der Waals surface area contributed by atoms with Crippen LogP contribution in [0.4, 0.5) is 0 Å². The quantitative estimate of drug-likeness (QED) is 0.0326. The van der Waals surface area contributed by atoms with E-state index >= 15 is 0 Å². The van der Waals surface area contributed by atoms with E-state index in [0.717, 1.165) is 91.7 Å². The molecular formula is C48H42O6. The number of esters is 3. The molecule has 0 fully saturated rings. The topological polar surface area (TPSA) is 78.9 Å². The Kier molecular flexibility index (Phi) is 12.3. The maximum absolute atomic E-state index is 11.7. The van der Waals surface area contributed by atoms with Crippen molar-refractivity contribution >= 4 is 39.5 Å². The molecule has 6 heteroatoms. The van der Waals surface area contributed by atoms with E-state index in [1.807, 2.05) is 12.1 Å². The largest absolute Gasteiger partial charge is 0.463 e. The average molecular weight is 715 g/mol. The summed E-state index contributed by atoms with van der Waals surface area (Å²) in [7, 11) is 0. The molecule has 0 unspecified atom stereocenters. The molecule has 0 aliphatic rings. The Balaban J connectivity index is 1.40. The fourth-order valence-corrected chi connectivity index (χ4v) is 6.68. The number of aryl methyl sites for hydroxylation is 2. The molecule has 0 N–H and O–H groups in total. The van der Waals surface area contributed by atoms with Crippen LogP contribution < -0.4 is 0 Å². The lowest BCUT2D eigenvalue weighted by Crippen LogP contribution is -2.02. The maximum Gasteiger partial charge on any atom is 0.330 e. The number of carbonyl (C=O) groups is 3. The summed E-state index contributed by atoms with van der Waals surface area (Å²) in [5.41, 5.74) is 9.87. The summed E-state index contributed by atoms with van der Waals surface area (Å²) in [6.07, 6.45) is 6.57. The zero-order valence-electron chi connectivity index (χ0n) is 30.2. The van der Waals surface area contributed by atoms with E-state index in [2.05, 4.69) is 123 Å². The van der Waals surface area contributed by atoms with Crippen LogP contribution in [0.3, 0.4) is 0 Å². The molecule has 0 amide bonds. The van der Waals surface area contributed by atoms with Crippen LogP contribution in [0.5, 0.6) is 0 Å². The molecule has 6 aromatic carbocycles. The van der Waals surface area contributed by atoms with Crippen LogP contribution in [0.1, 0.15) is 29.5 Å². The number of carbonyl (C=O) groups excluding carboxylic acids is 3. The summed E-state index contributed by atoms with van der Waals surface area (Å²) in [4.78, 5) is 34.5. The monoisotopic (exact) mass is 714 g/mol. The first kappa shape index (κ1) is 37.2. The number of ether oxygens (including phenoxy) is 3. The van der Waals surface area contributed by atoms with Crippen molar-refractivity contribution in [2.45, 2.75) is 32.3 Å². The van der Waals surface area contributed by atoms with Crippen molar-refractivity contribution in [3.05, 3.63) is 170 Å². The van der Waals surface area contributed by atoms with E-state index in [0.29, 0.717) is 13.2 Å². The molecule has 0 bridgehead atoms. The minimum Gasteiger partial charge on any atom is -0.463 e. The van der Waals surface area contributed by atoms with Crippen LogP contribution in [0.15, 0.2) is 153 Å². The van der Waals surface area contributed by atoms with Crippen molar-refractivity contribution in [1.82, 2.24) is 0 Å². The predicted molar refractivity (Wildman–Crippen MR) is 217 cm³/mol. The van der Waals surface area contributed by atoms with Gasteiger partial charge in [0.15, 0.2) is 0 Å². The first-order chi connectivity index (χ1) is 26.4. The number of benzene rings is 6. The van der Waals surface area contributed by atoms with Crippen molar-refractivity contribution in [1.29, 1.82) is 0 Å². The normalized spacial score (nSPS) is 10.8. The molecule has 0 spiro atoms. The van der Waals surface area contributed by atoms with Gasteiger partial charge in [-0.2, -0.15) is 0 Å². The second kappa shape index (κ2) is 17.8. The summed E-state index contributed by atoms with van der Waals surface area (Å²) in [5.74, 6) is -1.26. The predicted octanol–water partition coefficient (Wildman–Crippen LogP) is 10.5. The van der Waals surface area contributed by atoms with Gasteiger partial charge in [-0.3, -0.25) is 0 Å². The Hall–Kier alpha value is -6.53. The fraction of sp³-hybridized carbons (Fsp3) is 0.146. The van der Waals surface area contributed by atoms with Gasteiger partial charge >= 0.3 is 17.9 Å². The molecule has 270 valence electrons. The molecule has 6 rings (SSSR count). The number of rotatable bonds is 16. The summed E-state index contributed by atoms with van der Waals surface area (Å²) in [5, 5.41) is 4.52. The SMILES string of the molecule is C=CC(=O)OCCCc1ccc(-c2ccc3c(-c4ccc(COC(=O)C=C)cc4)c4ccccc4c(-c4ccc(CCCOC(=O)C=C)cc4)c3c2)cc1. The number of fused-ring (bicyclic) bond motifs is 2. The van der Waals surface area contributed by atoms with Crippen molar-refractivity contribution in [3.8, 4) is 33.4 Å². The van der Waals surface area contributed by atoms with Crippen molar-refractivity contribution in [2.24, 2.45) is 0 Å². The second-order valence-electron chi connectivity index (χ2n) is 12.9. The molecule has 0 radical (unpaired) electrons. The molecule has 0 saturated heterocycles. The first-order valence-electron chi connectivity index (χ1n) is 18.0. The van der Waals surface area contributed by atoms with Gasteiger partial charge in [-0.1, -0.05) is 129 Å². The lowest BCUT2D eigenvalue weighted by Gasteiger charge is -2.19. The van der Waals surface area contributed by atoms with Crippen LogP contribution >= 0.6 is 0 Å². The van der Waals surface area contributed by atoms with Gasteiger partial charge in [0.1, 0.15) is 6.61 Å². The minimum absolute atomic E-state index is 0.173. The summed E-state index contributed by atoms with van der Waals surface area (Å²) in [6.45, 7) is 11.3. The highest BCUT2D eigenvalue weighted by Crippen LogP contribution is 2.45. The molecule has 6 nitrogen and oxygen atoms in total. The highest BCUT2D eigenvalue weighted by molar-refractivity contribution is 6.22. The smallest absolute Gasteiger partial charge is 0.330 e.